The van der Waals surface area contributed by atoms with Crippen LogP contribution in [-0.2, 0) is 6.54 Å². The Balaban J connectivity index is 1.58. The second-order valence-electron chi connectivity index (χ2n) is 5.61. The third-order valence-corrected chi connectivity index (χ3v) is 3.84. The standard InChI is InChI=1S/C19H20N4O/c1-15-17(8-9-18(22-15)16-6-3-2-4-7-16)19(24)21-10-5-12-23-13-11-20-14-23/h2-4,6-9,11,13-14H,5,10,12H2,1H3,(H,21,24). The summed E-state index contributed by atoms with van der Waals surface area (Å²) >= 11 is 0. The van der Waals surface area contributed by atoms with Crippen molar-refractivity contribution in [2.24, 2.45) is 0 Å². The Labute approximate surface area is 141 Å². The molecule has 0 radical (unpaired) electrons. The molecule has 0 aliphatic rings. The molecule has 0 aliphatic carbocycles. The normalized spacial score (nSPS) is 10.5. The van der Waals surface area contributed by atoms with Crippen LogP contribution >= 0.6 is 0 Å². The first-order valence-corrected chi connectivity index (χ1v) is 8.01. The Morgan fingerprint density at radius 3 is 2.71 bits per heavy atom. The van der Waals surface area contributed by atoms with Crippen molar-refractivity contribution in [3.8, 4) is 11.3 Å². The predicted molar refractivity (Wildman–Crippen MR) is 93.6 cm³/mol. The molecule has 122 valence electrons. The zero-order chi connectivity index (χ0) is 16.8. The first-order chi connectivity index (χ1) is 11.7. The molecule has 1 aromatic carbocycles. The maximum absolute atomic E-state index is 12.3. The summed E-state index contributed by atoms with van der Waals surface area (Å²) in [6, 6.07) is 13.7. The minimum Gasteiger partial charge on any atom is -0.352 e. The van der Waals surface area contributed by atoms with Gasteiger partial charge in [-0.15, -0.1) is 0 Å². The van der Waals surface area contributed by atoms with Gasteiger partial charge in [0.25, 0.3) is 5.91 Å². The molecule has 0 saturated carbocycles. The highest BCUT2D eigenvalue weighted by Crippen LogP contribution is 2.18. The third-order valence-electron chi connectivity index (χ3n) is 3.84. The van der Waals surface area contributed by atoms with Crippen LogP contribution in [0.5, 0.6) is 0 Å². The molecule has 0 unspecified atom stereocenters. The number of hydrogen-bond acceptors (Lipinski definition) is 3. The molecule has 0 saturated heterocycles. The van der Waals surface area contributed by atoms with Crippen molar-refractivity contribution in [2.45, 2.75) is 19.9 Å². The average Bonchev–Trinajstić information content (AvgIpc) is 3.12. The molecule has 3 aromatic rings. The molecule has 0 spiro atoms. The number of pyridine rings is 1. The number of imidazole rings is 1. The molecular formula is C19H20N4O. The van der Waals surface area contributed by atoms with Crippen molar-refractivity contribution in [1.29, 1.82) is 0 Å². The van der Waals surface area contributed by atoms with E-state index >= 15 is 0 Å². The fraction of sp³-hybridized carbons (Fsp3) is 0.211. The number of amides is 1. The summed E-state index contributed by atoms with van der Waals surface area (Å²) in [5, 5.41) is 2.95. The van der Waals surface area contributed by atoms with Gasteiger partial charge in [0, 0.05) is 31.0 Å². The molecule has 5 nitrogen and oxygen atoms in total. The number of carbonyl (C=O) groups excluding carboxylic acids is 1. The van der Waals surface area contributed by atoms with E-state index in [0.29, 0.717) is 12.1 Å². The van der Waals surface area contributed by atoms with Crippen molar-refractivity contribution in [1.82, 2.24) is 19.9 Å². The SMILES string of the molecule is Cc1nc(-c2ccccc2)ccc1C(=O)NCCCn1ccnc1. The van der Waals surface area contributed by atoms with Crippen molar-refractivity contribution in [3.63, 3.8) is 0 Å². The smallest absolute Gasteiger partial charge is 0.253 e. The lowest BCUT2D eigenvalue weighted by molar-refractivity contribution is 0.0951. The summed E-state index contributed by atoms with van der Waals surface area (Å²) < 4.78 is 1.99. The molecule has 0 bridgehead atoms. The molecule has 1 N–H and O–H groups in total. The fourth-order valence-corrected chi connectivity index (χ4v) is 2.55. The van der Waals surface area contributed by atoms with Gasteiger partial charge in [0.15, 0.2) is 0 Å². The van der Waals surface area contributed by atoms with E-state index in [0.717, 1.165) is 29.9 Å². The number of nitrogens with zero attached hydrogens (tertiary/aromatic N) is 3. The summed E-state index contributed by atoms with van der Waals surface area (Å²) in [4.78, 5) is 20.9. The van der Waals surface area contributed by atoms with Crippen LogP contribution in [0.25, 0.3) is 11.3 Å². The second kappa shape index (κ2) is 7.55. The molecule has 24 heavy (non-hydrogen) atoms. The van der Waals surface area contributed by atoms with Gasteiger partial charge in [-0.05, 0) is 25.5 Å². The topological polar surface area (TPSA) is 59.8 Å². The lowest BCUT2D eigenvalue weighted by Gasteiger charge is -2.09. The number of hydrogen-bond donors (Lipinski definition) is 1. The van der Waals surface area contributed by atoms with Gasteiger partial charge >= 0.3 is 0 Å². The van der Waals surface area contributed by atoms with E-state index < -0.39 is 0 Å². The summed E-state index contributed by atoms with van der Waals surface area (Å²) in [5.41, 5.74) is 3.29. The van der Waals surface area contributed by atoms with Gasteiger partial charge in [-0.25, -0.2) is 4.98 Å². The minimum absolute atomic E-state index is 0.0785. The van der Waals surface area contributed by atoms with E-state index in [-0.39, 0.29) is 5.91 Å². The van der Waals surface area contributed by atoms with Crippen molar-refractivity contribution < 1.29 is 4.79 Å². The molecule has 1 amide bonds. The van der Waals surface area contributed by atoms with Gasteiger partial charge in [0.1, 0.15) is 0 Å². The monoisotopic (exact) mass is 320 g/mol. The highest BCUT2D eigenvalue weighted by Gasteiger charge is 2.10. The predicted octanol–water partition coefficient (Wildman–Crippen LogP) is 3.07. The van der Waals surface area contributed by atoms with Crippen LogP contribution in [0.2, 0.25) is 0 Å². The second-order valence-corrected chi connectivity index (χ2v) is 5.61. The van der Waals surface area contributed by atoms with Gasteiger partial charge < -0.3 is 9.88 Å². The molecule has 2 aromatic heterocycles. The summed E-state index contributed by atoms with van der Waals surface area (Å²) in [7, 11) is 0. The van der Waals surface area contributed by atoms with E-state index in [4.69, 9.17) is 0 Å². The Morgan fingerprint density at radius 1 is 1.17 bits per heavy atom. The van der Waals surface area contributed by atoms with Crippen LogP contribution in [0.4, 0.5) is 0 Å². The maximum atomic E-state index is 12.3. The van der Waals surface area contributed by atoms with Gasteiger partial charge in [0.2, 0.25) is 0 Å². The average molecular weight is 320 g/mol. The molecule has 2 heterocycles. The quantitative estimate of drug-likeness (QED) is 0.710. The van der Waals surface area contributed by atoms with Gasteiger partial charge in [0.05, 0.1) is 23.3 Å². The van der Waals surface area contributed by atoms with Crippen molar-refractivity contribution in [2.75, 3.05) is 6.54 Å². The van der Waals surface area contributed by atoms with Crippen molar-refractivity contribution in [3.05, 3.63) is 72.4 Å². The van der Waals surface area contributed by atoms with Crippen LogP contribution in [-0.4, -0.2) is 27.0 Å². The highest BCUT2D eigenvalue weighted by molar-refractivity contribution is 5.95. The van der Waals surface area contributed by atoms with Crippen LogP contribution in [0.3, 0.4) is 0 Å². The third kappa shape index (κ3) is 3.87. The molecule has 0 atom stereocenters. The van der Waals surface area contributed by atoms with Crippen LogP contribution < -0.4 is 5.32 Å². The van der Waals surface area contributed by atoms with E-state index in [1.54, 1.807) is 12.5 Å². The lowest BCUT2D eigenvalue weighted by atomic mass is 10.1. The number of nitrogens with one attached hydrogen (secondary N) is 1. The molecule has 5 heteroatoms. The number of rotatable bonds is 6. The molecule has 3 rings (SSSR count). The fourth-order valence-electron chi connectivity index (χ4n) is 2.55. The van der Waals surface area contributed by atoms with E-state index in [1.807, 2.05) is 60.2 Å². The Hall–Kier alpha value is -2.95. The van der Waals surface area contributed by atoms with Crippen LogP contribution in [0, 0.1) is 6.92 Å². The molecule has 0 aliphatic heterocycles. The number of aromatic nitrogens is 3. The van der Waals surface area contributed by atoms with Gasteiger partial charge in [-0.1, -0.05) is 30.3 Å². The summed E-state index contributed by atoms with van der Waals surface area (Å²) in [6.45, 7) is 3.33. The van der Waals surface area contributed by atoms with Gasteiger partial charge in [-0.3, -0.25) is 9.78 Å². The maximum Gasteiger partial charge on any atom is 0.253 e. The number of aryl methyl sites for hydroxylation is 2. The highest BCUT2D eigenvalue weighted by atomic mass is 16.1. The molecular weight excluding hydrogens is 300 g/mol. The first-order valence-electron chi connectivity index (χ1n) is 8.01. The number of benzene rings is 1. The Morgan fingerprint density at radius 2 is 2.00 bits per heavy atom. The summed E-state index contributed by atoms with van der Waals surface area (Å²) in [6.07, 6.45) is 6.30. The first kappa shape index (κ1) is 15.9. The minimum atomic E-state index is -0.0785. The molecule has 0 fully saturated rings. The summed E-state index contributed by atoms with van der Waals surface area (Å²) in [5.74, 6) is -0.0785. The zero-order valence-electron chi connectivity index (χ0n) is 13.6. The Kier molecular flexibility index (Phi) is 5.01. The largest absolute Gasteiger partial charge is 0.352 e. The Bertz CT molecular complexity index is 797. The zero-order valence-corrected chi connectivity index (χ0v) is 13.6. The van der Waals surface area contributed by atoms with Crippen LogP contribution in [0.1, 0.15) is 22.5 Å². The van der Waals surface area contributed by atoms with E-state index in [9.17, 15) is 4.79 Å². The lowest BCUT2D eigenvalue weighted by Crippen LogP contribution is -2.26. The van der Waals surface area contributed by atoms with Crippen molar-refractivity contribution >= 4 is 5.91 Å². The van der Waals surface area contributed by atoms with Crippen LogP contribution in [0.15, 0.2) is 61.2 Å². The number of carbonyl (C=O) groups is 1. The van der Waals surface area contributed by atoms with E-state index in [2.05, 4.69) is 15.3 Å². The van der Waals surface area contributed by atoms with Gasteiger partial charge in [-0.2, -0.15) is 0 Å². The van der Waals surface area contributed by atoms with E-state index in [1.165, 1.54) is 0 Å².